The molecule has 20 heavy (non-hydrogen) atoms. The van der Waals surface area contributed by atoms with Crippen LogP contribution in [-0.2, 0) is 4.79 Å². The summed E-state index contributed by atoms with van der Waals surface area (Å²) in [6, 6.07) is 5.34. The smallest absolute Gasteiger partial charge is 0.254 e. The second-order valence-corrected chi connectivity index (χ2v) is 5.04. The van der Waals surface area contributed by atoms with E-state index in [1.807, 2.05) is 13.0 Å². The lowest BCUT2D eigenvalue weighted by Crippen LogP contribution is -2.41. The zero-order valence-electron chi connectivity index (χ0n) is 11.5. The fourth-order valence-corrected chi connectivity index (χ4v) is 2.41. The van der Waals surface area contributed by atoms with Gasteiger partial charge in [0.25, 0.3) is 5.91 Å². The molecule has 0 saturated carbocycles. The van der Waals surface area contributed by atoms with Crippen LogP contribution in [0.4, 0.5) is 5.69 Å². The Morgan fingerprint density at radius 3 is 2.40 bits per heavy atom. The number of aryl methyl sites for hydroxylation is 1. The average Bonchev–Trinajstić information content (AvgIpc) is 2.41. The third kappa shape index (κ3) is 3.42. The third-order valence-corrected chi connectivity index (χ3v) is 3.68. The fourth-order valence-electron chi connectivity index (χ4n) is 2.41. The molecule has 1 aliphatic heterocycles. The van der Waals surface area contributed by atoms with Crippen molar-refractivity contribution in [3.63, 3.8) is 0 Å². The molecule has 0 bridgehead atoms. The van der Waals surface area contributed by atoms with Gasteiger partial charge >= 0.3 is 0 Å². The molecule has 2 rings (SSSR count). The van der Waals surface area contributed by atoms with Gasteiger partial charge in [0.2, 0.25) is 5.91 Å². The van der Waals surface area contributed by atoms with E-state index in [4.69, 9.17) is 11.5 Å². The normalized spacial score (nSPS) is 15.6. The fraction of sp³-hybridized carbons (Fsp3) is 0.429. The van der Waals surface area contributed by atoms with Crippen LogP contribution in [0, 0.1) is 12.8 Å². The second-order valence-electron chi connectivity index (χ2n) is 5.04. The first-order chi connectivity index (χ1) is 8.99. The van der Waals surface area contributed by atoms with Crippen LogP contribution in [0.2, 0.25) is 0 Å². The molecule has 2 amide bonds. The summed E-state index contributed by atoms with van der Waals surface area (Å²) in [6.45, 7) is 3.03. The first-order valence-electron chi connectivity index (χ1n) is 6.43. The summed E-state index contributed by atoms with van der Waals surface area (Å²) < 4.78 is 0. The molecule has 1 aliphatic rings. The lowest BCUT2D eigenvalue weighted by molar-refractivity contribution is -0.123. The summed E-state index contributed by atoms with van der Waals surface area (Å²) in [6.07, 6.45) is 1.28. The van der Waals surface area contributed by atoms with Gasteiger partial charge in [-0.2, -0.15) is 0 Å². The van der Waals surface area contributed by atoms with Gasteiger partial charge in [-0.15, -0.1) is 12.4 Å². The minimum atomic E-state index is -0.271. The molecule has 0 atom stereocenters. The van der Waals surface area contributed by atoms with E-state index in [2.05, 4.69) is 0 Å². The second kappa shape index (κ2) is 6.61. The van der Waals surface area contributed by atoms with Crippen LogP contribution in [0.5, 0.6) is 0 Å². The quantitative estimate of drug-likeness (QED) is 0.807. The highest BCUT2D eigenvalue weighted by atomic mass is 35.5. The van der Waals surface area contributed by atoms with Gasteiger partial charge in [-0.25, -0.2) is 0 Å². The molecule has 0 aromatic heterocycles. The van der Waals surface area contributed by atoms with Crippen molar-refractivity contribution in [2.24, 2.45) is 11.7 Å². The molecule has 0 radical (unpaired) electrons. The molecule has 1 aromatic rings. The maximum absolute atomic E-state index is 12.4. The standard InChI is InChI=1S/C14H19N3O2.ClH/c1-9-2-3-11(15)8-12(9)14(19)17-6-4-10(5-7-17)13(16)18;/h2-3,8,10H,4-7,15H2,1H3,(H2,16,18);1H. The zero-order valence-corrected chi connectivity index (χ0v) is 12.3. The van der Waals surface area contributed by atoms with E-state index in [-0.39, 0.29) is 30.1 Å². The number of nitrogen functional groups attached to an aromatic ring is 1. The summed E-state index contributed by atoms with van der Waals surface area (Å²) in [5.41, 5.74) is 13.1. The van der Waals surface area contributed by atoms with E-state index in [0.717, 1.165) is 5.56 Å². The number of anilines is 1. The number of halogens is 1. The van der Waals surface area contributed by atoms with Crippen molar-refractivity contribution >= 4 is 29.9 Å². The largest absolute Gasteiger partial charge is 0.399 e. The summed E-state index contributed by atoms with van der Waals surface area (Å²) >= 11 is 0. The Morgan fingerprint density at radius 2 is 1.85 bits per heavy atom. The van der Waals surface area contributed by atoms with Crippen LogP contribution in [-0.4, -0.2) is 29.8 Å². The lowest BCUT2D eigenvalue weighted by Gasteiger charge is -2.31. The van der Waals surface area contributed by atoms with Gasteiger partial charge in [-0.1, -0.05) is 6.07 Å². The number of likely N-dealkylation sites (tertiary alicyclic amines) is 1. The molecule has 5 nitrogen and oxygen atoms in total. The summed E-state index contributed by atoms with van der Waals surface area (Å²) in [5.74, 6) is -0.397. The topological polar surface area (TPSA) is 89.4 Å². The number of amides is 2. The Morgan fingerprint density at radius 1 is 1.25 bits per heavy atom. The van der Waals surface area contributed by atoms with E-state index < -0.39 is 0 Å². The van der Waals surface area contributed by atoms with E-state index in [0.29, 0.717) is 37.2 Å². The van der Waals surface area contributed by atoms with Crippen molar-refractivity contribution in [2.75, 3.05) is 18.8 Å². The zero-order chi connectivity index (χ0) is 14.0. The molecule has 0 aliphatic carbocycles. The lowest BCUT2D eigenvalue weighted by atomic mass is 9.95. The van der Waals surface area contributed by atoms with E-state index >= 15 is 0 Å². The molecule has 4 N–H and O–H groups in total. The summed E-state index contributed by atoms with van der Waals surface area (Å²) in [7, 11) is 0. The third-order valence-electron chi connectivity index (χ3n) is 3.68. The van der Waals surface area contributed by atoms with Gasteiger partial charge in [0.1, 0.15) is 0 Å². The van der Waals surface area contributed by atoms with Crippen molar-refractivity contribution in [3.05, 3.63) is 29.3 Å². The van der Waals surface area contributed by atoms with Gasteiger partial charge < -0.3 is 16.4 Å². The number of hydrogen-bond donors (Lipinski definition) is 2. The van der Waals surface area contributed by atoms with Crippen LogP contribution >= 0.6 is 12.4 Å². The van der Waals surface area contributed by atoms with Gasteiger partial charge in [0, 0.05) is 30.3 Å². The van der Waals surface area contributed by atoms with Crippen molar-refractivity contribution in [2.45, 2.75) is 19.8 Å². The predicted octanol–water partition coefficient (Wildman–Crippen LogP) is 1.34. The maximum Gasteiger partial charge on any atom is 0.254 e. The van der Waals surface area contributed by atoms with Crippen molar-refractivity contribution in [1.29, 1.82) is 0 Å². The highest BCUT2D eigenvalue weighted by molar-refractivity contribution is 5.96. The molecule has 1 saturated heterocycles. The number of rotatable bonds is 2. The Labute approximate surface area is 124 Å². The number of hydrogen-bond acceptors (Lipinski definition) is 3. The number of nitrogens with zero attached hydrogens (tertiary/aromatic N) is 1. The molecule has 0 unspecified atom stereocenters. The number of primary amides is 1. The van der Waals surface area contributed by atoms with Crippen molar-refractivity contribution < 1.29 is 9.59 Å². The van der Waals surface area contributed by atoms with Gasteiger partial charge in [-0.3, -0.25) is 9.59 Å². The minimum absolute atomic E-state index is 0. The Balaban J connectivity index is 0.00000200. The first kappa shape index (κ1) is 16.3. The predicted molar refractivity (Wildman–Crippen MR) is 80.7 cm³/mol. The van der Waals surface area contributed by atoms with E-state index in [1.165, 1.54) is 0 Å². The van der Waals surface area contributed by atoms with Gasteiger partial charge in [-0.05, 0) is 37.5 Å². The van der Waals surface area contributed by atoms with Crippen LogP contribution in [0.25, 0.3) is 0 Å². The van der Waals surface area contributed by atoms with Crippen molar-refractivity contribution in [1.82, 2.24) is 4.90 Å². The van der Waals surface area contributed by atoms with Crippen LogP contribution in [0.15, 0.2) is 18.2 Å². The van der Waals surface area contributed by atoms with Crippen LogP contribution < -0.4 is 11.5 Å². The number of piperidine rings is 1. The minimum Gasteiger partial charge on any atom is -0.399 e. The Hall–Kier alpha value is -1.75. The molecule has 1 heterocycles. The Kier molecular flexibility index (Phi) is 5.39. The number of carbonyl (C=O) groups is 2. The van der Waals surface area contributed by atoms with E-state index in [9.17, 15) is 9.59 Å². The Bertz CT molecular complexity index is 511. The molecule has 1 aromatic carbocycles. The molecular formula is C14H20ClN3O2. The maximum atomic E-state index is 12.4. The molecule has 1 fully saturated rings. The van der Waals surface area contributed by atoms with Gasteiger partial charge in [0.15, 0.2) is 0 Å². The van der Waals surface area contributed by atoms with Crippen LogP contribution in [0.3, 0.4) is 0 Å². The summed E-state index contributed by atoms with van der Waals surface area (Å²) in [4.78, 5) is 25.3. The number of carbonyl (C=O) groups excluding carboxylic acids is 2. The van der Waals surface area contributed by atoms with Gasteiger partial charge in [0.05, 0.1) is 0 Å². The number of benzene rings is 1. The molecular weight excluding hydrogens is 278 g/mol. The molecule has 6 heteroatoms. The monoisotopic (exact) mass is 297 g/mol. The van der Waals surface area contributed by atoms with E-state index in [1.54, 1.807) is 17.0 Å². The first-order valence-corrected chi connectivity index (χ1v) is 6.43. The highest BCUT2D eigenvalue weighted by Crippen LogP contribution is 2.21. The molecule has 110 valence electrons. The summed E-state index contributed by atoms with van der Waals surface area (Å²) in [5, 5.41) is 0. The average molecular weight is 298 g/mol. The van der Waals surface area contributed by atoms with Crippen LogP contribution in [0.1, 0.15) is 28.8 Å². The molecule has 0 spiro atoms. The number of nitrogens with two attached hydrogens (primary N) is 2. The highest BCUT2D eigenvalue weighted by Gasteiger charge is 2.27. The SMILES string of the molecule is Cc1ccc(N)cc1C(=O)N1CCC(C(N)=O)CC1.Cl. The van der Waals surface area contributed by atoms with Crippen molar-refractivity contribution in [3.8, 4) is 0 Å².